The SMILES string of the molecule is COC(=O)c1ccc2nc(N3CCSc4ccccc4C3)nc(OCc3ccccc3)c2c1. The highest BCUT2D eigenvalue weighted by Gasteiger charge is 2.20. The number of nitrogens with zero attached hydrogens (tertiary/aromatic N) is 3. The lowest BCUT2D eigenvalue weighted by atomic mass is 10.1. The maximum absolute atomic E-state index is 12.1. The van der Waals surface area contributed by atoms with Crippen LogP contribution in [0, 0.1) is 0 Å². The fraction of sp³-hybridized carbons (Fsp3) is 0.192. The van der Waals surface area contributed by atoms with Crippen molar-refractivity contribution in [3.63, 3.8) is 0 Å². The number of rotatable bonds is 5. The van der Waals surface area contributed by atoms with Crippen LogP contribution in [0.3, 0.4) is 0 Å². The molecule has 0 fully saturated rings. The summed E-state index contributed by atoms with van der Waals surface area (Å²) in [7, 11) is 1.37. The van der Waals surface area contributed by atoms with Gasteiger partial charge < -0.3 is 14.4 Å². The number of carbonyl (C=O) groups is 1. The van der Waals surface area contributed by atoms with E-state index < -0.39 is 5.97 Å². The van der Waals surface area contributed by atoms with E-state index in [4.69, 9.17) is 19.4 Å². The molecule has 2 heterocycles. The molecule has 0 atom stereocenters. The Morgan fingerprint density at radius 1 is 1.03 bits per heavy atom. The summed E-state index contributed by atoms with van der Waals surface area (Å²) in [6, 6.07) is 23.7. The van der Waals surface area contributed by atoms with Gasteiger partial charge >= 0.3 is 5.97 Å². The molecule has 33 heavy (non-hydrogen) atoms. The zero-order valence-corrected chi connectivity index (χ0v) is 19.0. The number of ether oxygens (including phenoxy) is 2. The number of hydrogen-bond donors (Lipinski definition) is 0. The molecule has 0 amide bonds. The topological polar surface area (TPSA) is 64.5 Å². The quantitative estimate of drug-likeness (QED) is 0.386. The Hall–Kier alpha value is -3.58. The molecule has 0 aliphatic carbocycles. The molecule has 166 valence electrons. The standard InChI is InChI=1S/C26H23N3O3S/c1-31-25(30)19-11-12-22-21(15-19)24(32-17-18-7-3-2-4-8-18)28-26(27-22)29-13-14-33-23-10-6-5-9-20(23)16-29/h2-12,15H,13-14,16-17H2,1H3. The van der Waals surface area contributed by atoms with Gasteiger partial charge in [0.05, 0.1) is 23.6 Å². The van der Waals surface area contributed by atoms with Crippen LogP contribution in [0.15, 0.2) is 77.7 Å². The summed E-state index contributed by atoms with van der Waals surface area (Å²) < 4.78 is 11.1. The largest absolute Gasteiger partial charge is 0.472 e. The molecular weight excluding hydrogens is 434 g/mol. The number of anilines is 1. The average Bonchev–Trinajstić information content (AvgIpc) is 3.09. The van der Waals surface area contributed by atoms with Crippen molar-refractivity contribution in [1.29, 1.82) is 0 Å². The van der Waals surface area contributed by atoms with Crippen molar-refractivity contribution in [2.24, 2.45) is 0 Å². The van der Waals surface area contributed by atoms with E-state index in [1.54, 1.807) is 12.1 Å². The third-order valence-electron chi connectivity index (χ3n) is 5.52. The molecule has 0 unspecified atom stereocenters. The molecule has 0 bridgehead atoms. The minimum Gasteiger partial charge on any atom is -0.472 e. The van der Waals surface area contributed by atoms with E-state index >= 15 is 0 Å². The van der Waals surface area contributed by atoms with E-state index in [1.165, 1.54) is 17.6 Å². The Balaban J connectivity index is 1.54. The molecule has 0 spiro atoms. The van der Waals surface area contributed by atoms with Gasteiger partial charge in [-0.05, 0) is 35.4 Å². The predicted octanol–water partition coefficient (Wildman–Crippen LogP) is 5.11. The van der Waals surface area contributed by atoms with Gasteiger partial charge in [0.1, 0.15) is 6.61 Å². The van der Waals surface area contributed by atoms with Gasteiger partial charge in [-0.1, -0.05) is 48.5 Å². The van der Waals surface area contributed by atoms with Gasteiger partial charge in [-0.2, -0.15) is 4.98 Å². The first kappa shape index (κ1) is 21.3. The summed E-state index contributed by atoms with van der Waals surface area (Å²) in [6.07, 6.45) is 0. The van der Waals surface area contributed by atoms with Crippen molar-refractivity contribution in [1.82, 2.24) is 9.97 Å². The number of carbonyl (C=O) groups excluding carboxylic acids is 1. The minimum atomic E-state index is -0.406. The van der Waals surface area contributed by atoms with Gasteiger partial charge in [0.25, 0.3) is 0 Å². The Kier molecular flexibility index (Phi) is 6.13. The molecule has 0 saturated carbocycles. The van der Waals surface area contributed by atoms with Crippen molar-refractivity contribution in [2.75, 3.05) is 24.3 Å². The highest BCUT2D eigenvalue weighted by molar-refractivity contribution is 7.99. The molecule has 7 heteroatoms. The summed E-state index contributed by atoms with van der Waals surface area (Å²) in [5.41, 5.74) is 3.46. The fourth-order valence-corrected chi connectivity index (χ4v) is 4.83. The van der Waals surface area contributed by atoms with Gasteiger partial charge in [0, 0.05) is 23.7 Å². The maximum Gasteiger partial charge on any atom is 0.337 e. The molecule has 3 aromatic carbocycles. The fourth-order valence-electron chi connectivity index (χ4n) is 3.81. The number of esters is 1. The Morgan fingerprint density at radius 2 is 1.85 bits per heavy atom. The van der Waals surface area contributed by atoms with E-state index in [0.29, 0.717) is 29.4 Å². The average molecular weight is 458 g/mol. The lowest BCUT2D eigenvalue weighted by Crippen LogP contribution is -2.26. The van der Waals surface area contributed by atoms with Crippen LogP contribution < -0.4 is 9.64 Å². The molecule has 0 saturated heterocycles. The smallest absolute Gasteiger partial charge is 0.337 e. The summed E-state index contributed by atoms with van der Waals surface area (Å²) >= 11 is 1.85. The van der Waals surface area contributed by atoms with Crippen LogP contribution in [0.4, 0.5) is 5.95 Å². The van der Waals surface area contributed by atoms with Crippen molar-refractivity contribution < 1.29 is 14.3 Å². The minimum absolute atomic E-state index is 0.369. The molecule has 1 aromatic heterocycles. The number of aromatic nitrogens is 2. The summed E-state index contributed by atoms with van der Waals surface area (Å²) in [5.74, 6) is 1.61. The van der Waals surface area contributed by atoms with E-state index in [9.17, 15) is 4.79 Å². The highest BCUT2D eigenvalue weighted by atomic mass is 32.2. The van der Waals surface area contributed by atoms with Gasteiger partial charge in [-0.3, -0.25) is 0 Å². The Bertz CT molecular complexity index is 1300. The van der Waals surface area contributed by atoms with E-state index in [1.807, 2.05) is 48.2 Å². The zero-order chi connectivity index (χ0) is 22.6. The van der Waals surface area contributed by atoms with E-state index in [0.717, 1.165) is 29.9 Å². The number of methoxy groups -OCH3 is 1. The second-order valence-corrected chi connectivity index (χ2v) is 8.84. The molecule has 4 aromatic rings. The van der Waals surface area contributed by atoms with Crippen molar-refractivity contribution in [3.05, 3.63) is 89.5 Å². The summed E-state index contributed by atoms with van der Waals surface area (Å²) in [5, 5.41) is 0.683. The highest BCUT2D eigenvalue weighted by Crippen LogP contribution is 2.32. The van der Waals surface area contributed by atoms with Crippen LogP contribution in [0.2, 0.25) is 0 Å². The van der Waals surface area contributed by atoms with Gasteiger partial charge in [0.15, 0.2) is 0 Å². The van der Waals surface area contributed by atoms with Crippen LogP contribution in [0.1, 0.15) is 21.5 Å². The van der Waals surface area contributed by atoms with Crippen molar-refractivity contribution in [3.8, 4) is 5.88 Å². The van der Waals surface area contributed by atoms with Crippen LogP contribution in [-0.2, 0) is 17.9 Å². The zero-order valence-electron chi connectivity index (χ0n) is 18.2. The molecule has 5 rings (SSSR count). The summed E-state index contributed by atoms with van der Waals surface area (Å²) in [4.78, 5) is 25.2. The van der Waals surface area contributed by atoms with Gasteiger partial charge in [-0.15, -0.1) is 11.8 Å². The lowest BCUT2D eigenvalue weighted by Gasteiger charge is -2.22. The molecule has 0 radical (unpaired) electrons. The first-order valence-corrected chi connectivity index (χ1v) is 11.7. The first-order valence-electron chi connectivity index (χ1n) is 10.7. The van der Waals surface area contributed by atoms with Crippen LogP contribution >= 0.6 is 11.8 Å². The van der Waals surface area contributed by atoms with Crippen molar-refractivity contribution >= 4 is 34.6 Å². The second kappa shape index (κ2) is 9.50. The van der Waals surface area contributed by atoms with Crippen LogP contribution in [-0.4, -0.2) is 35.3 Å². The number of hydrogen-bond acceptors (Lipinski definition) is 7. The molecule has 6 nitrogen and oxygen atoms in total. The third-order valence-corrected chi connectivity index (χ3v) is 6.62. The van der Waals surface area contributed by atoms with Gasteiger partial charge in [-0.25, -0.2) is 9.78 Å². The molecular formula is C26H23N3O3S. The van der Waals surface area contributed by atoms with Crippen LogP contribution in [0.5, 0.6) is 5.88 Å². The third kappa shape index (κ3) is 4.64. The number of fused-ring (bicyclic) bond motifs is 2. The monoisotopic (exact) mass is 457 g/mol. The molecule has 1 aliphatic heterocycles. The lowest BCUT2D eigenvalue weighted by molar-refractivity contribution is 0.0601. The number of thioether (sulfide) groups is 1. The van der Waals surface area contributed by atoms with Crippen LogP contribution in [0.25, 0.3) is 10.9 Å². The van der Waals surface area contributed by atoms with E-state index in [-0.39, 0.29) is 0 Å². The molecule has 1 aliphatic rings. The Labute approximate surface area is 196 Å². The molecule has 0 N–H and O–H groups in total. The second-order valence-electron chi connectivity index (χ2n) is 7.70. The normalized spacial score (nSPS) is 13.3. The van der Waals surface area contributed by atoms with Crippen molar-refractivity contribution in [2.45, 2.75) is 18.0 Å². The Morgan fingerprint density at radius 3 is 2.70 bits per heavy atom. The maximum atomic E-state index is 12.1. The van der Waals surface area contributed by atoms with Gasteiger partial charge in [0.2, 0.25) is 11.8 Å². The number of benzene rings is 3. The first-order chi connectivity index (χ1) is 16.2. The summed E-state index contributed by atoms with van der Waals surface area (Å²) in [6.45, 7) is 1.92. The predicted molar refractivity (Wildman–Crippen MR) is 130 cm³/mol. The van der Waals surface area contributed by atoms with E-state index in [2.05, 4.69) is 29.2 Å².